The van der Waals surface area contributed by atoms with Gasteiger partial charge in [0.05, 0.1) is 26.4 Å². The molecule has 0 aliphatic rings. The molecule has 0 aromatic carbocycles. The Balaban J connectivity index is 4.80. The molecule has 16 nitrogen and oxygen atoms in total. The van der Waals surface area contributed by atoms with Gasteiger partial charge < -0.3 is 34.2 Å². The van der Waals surface area contributed by atoms with E-state index in [1.807, 2.05) is 24.3 Å². The van der Waals surface area contributed by atoms with Crippen LogP contribution in [0.2, 0.25) is 0 Å². The van der Waals surface area contributed by atoms with Crippen molar-refractivity contribution in [3.05, 3.63) is 122 Å². The first-order valence-corrected chi connectivity index (χ1v) is 33.8. The largest absolute Gasteiger partial charge is 0.472 e. The smallest absolute Gasteiger partial charge is 0.463 e. The number of esters is 3. The van der Waals surface area contributed by atoms with Crippen molar-refractivity contribution in [3.63, 3.8) is 0 Å². The Morgan fingerprint density at radius 3 is 1.00 bits per heavy atom. The van der Waals surface area contributed by atoms with Crippen molar-refractivity contribution in [3.8, 4) is 0 Å². The second-order valence-electron chi connectivity index (χ2n) is 20.1. The molecule has 0 bridgehead atoms. The van der Waals surface area contributed by atoms with E-state index in [0.29, 0.717) is 32.1 Å². The predicted octanol–water partition coefficient (Wildman–Crippen LogP) is 16.3. The minimum absolute atomic E-state index is 0.0894. The number of phosphoric ester groups is 2. The summed E-state index contributed by atoms with van der Waals surface area (Å²) in [6.07, 6.45) is 64.2. The van der Waals surface area contributed by atoms with Crippen LogP contribution in [0.4, 0.5) is 0 Å². The quantitative estimate of drug-likeness (QED) is 0.0146. The zero-order chi connectivity index (χ0) is 61.0. The van der Waals surface area contributed by atoms with E-state index in [2.05, 4.69) is 118 Å². The summed E-state index contributed by atoms with van der Waals surface area (Å²) in [7, 11) is -9.80. The number of unbranched alkanes of at least 4 members (excludes halogenated alkanes) is 14. The Morgan fingerprint density at radius 2 is 0.639 bits per heavy atom. The summed E-state index contributed by atoms with van der Waals surface area (Å²) >= 11 is 0. The van der Waals surface area contributed by atoms with Gasteiger partial charge in [-0.25, -0.2) is 9.13 Å². The SMILES string of the molecule is CC/C=C\C/C=C\C/C=C\C/C=C\C/C=C\CCCC(=O)OCC(O)COP(=O)(O)OCC(O)COP(=O)(O)OCC(COC(=O)CCC/C=C\C/C=C\C/C=C\C/C=C\C/C=C\CC)OC(=O)CCCCCCCCCCCCCCC. The van der Waals surface area contributed by atoms with E-state index in [1.165, 1.54) is 51.4 Å². The number of carbonyl (C=O) groups is 3. The zero-order valence-electron chi connectivity index (χ0n) is 50.8. The van der Waals surface area contributed by atoms with Crippen LogP contribution < -0.4 is 0 Å². The molecule has 83 heavy (non-hydrogen) atoms. The van der Waals surface area contributed by atoms with Crippen LogP contribution in [0.5, 0.6) is 0 Å². The highest BCUT2D eigenvalue weighted by atomic mass is 31.2. The summed E-state index contributed by atoms with van der Waals surface area (Å²) in [4.78, 5) is 58.1. The number of aliphatic hydroxyl groups excluding tert-OH is 2. The van der Waals surface area contributed by atoms with Crippen molar-refractivity contribution in [1.29, 1.82) is 0 Å². The summed E-state index contributed by atoms with van der Waals surface area (Å²) in [5, 5.41) is 20.5. The average Bonchev–Trinajstić information content (AvgIpc) is 3.46. The first-order chi connectivity index (χ1) is 40.2. The number of aliphatic hydroxyl groups is 2. The van der Waals surface area contributed by atoms with E-state index >= 15 is 0 Å². The maximum absolute atomic E-state index is 12.9. The Kier molecular flexibility index (Phi) is 55.5. The lowest BCUT2D eigenvalue weighted by atomic mass is 10.0. The Morgan fingerprint density at radius 1 is 0.349 bits per heavy atom. The lowest BCUT2D eigenvalue weighted by molar-refractivity contribution is -0.161. The number of ether oxygens (including phenoxy) is 3. The van der Waals surface area contributed by atoms with Crippen molar-refractivity contribution in [2.45, 2.75) is 232 Å². The second kappa shape index (κ2) is 58.3. The number of carbonyl (C=O) groups excluding carboxylic acids is 3. The molecule has 0 saturated heterocycles. The van der Waals surface area contributed by atoms with Gasteiger partial charge in [-0.15, -0.1) is 0 Å². The maximum Gasteiger partial charge on any atom is 0.472 e. The molecule has 0 radical (unpaired) electrons. The highest BCUT2D eigenvalue weighted by Gasteiger charge is 2.29. The summed E-state index contributed by atoms with van der Waals surface area (Å²) in [5.41, 5.74) is 0. The molecule has 4 N–H and O–H groups in total. The van der Waals surface area contributed by atoms with E-state index < -0.39 is 91.5 Å². The van der Waals surface area contributed by atoms with Crippen LogP contribution in [0.15, 0.2) is 122 Å². The van der Waals surface area contributed by atoms with Crippen LogP contribution in [0.3, 0.4) is 0 Å². The minimum atomic E-state index is -4.94. The standard InChI is InChI=1S/C65H108O16P2/c1-4-7-10-13-16-19-22-25-27-29-31-34-36-39-42-45-48-51-63(68)75-54-60(66)55-77-82(71,72)78-56-61(67)57-79-83(73,74)80-59-62(81-65(70)53-50-47-44-41-38-33-24-21-18-15-12-9-6-3)58-76-64(69)52-49-46-43-40-37-35-32-30-28-26-23-20-17-14-11-8-5-2/h7-8,10-11,16-17,19-20,25-28,31-32,34-35,39-40,42-43,60-62,66-67H,4-6,9,12-15,18,21-24,29-30,33,36-38,41,44-59H2,1-3H3,(H,71,72)(H,73,74)/b10-7-,11-8-,19-16-,20-17-,27-25-,28-26-,34-31-,35-32-,42-39-,43-40-. The fraction of sp³-hybridized carbons (Fsp3) is 0.646. The van der Waals surface area contributed by atoms with Gasteiger partial charge in [-0.3, -0.25) is 32.5 Å². The first kappa shape index (κ1) is 79.0. The molecule has 0 aliphatic carbocycles. The maximum atomic E-state index is 12.9. The van der Waals surface area contributed by atoms with Gasteiger partial charge in [-0.1, -0.05) is 219 Å². The van der Waals surface area contributed by atoms with Gasteiger partial charge in [0, 0.05) is 19.3 Å². The number of rotatable bonds is 57. The predicted molar refractivity (Wildman–Crippen MR) is 334 cm³/mol. The van der Waals surface area contributed by atoms with Gasteiger partial charge in [0.2, 0.25) is 0 Å². The molecular weight excluding hydrogens is 1100 g/mol. The Bertz CT molecular complexity index is 2000. The van der Waals surface area contributed by atoms with Crippen molar-refractivity contribution in [1.82, 2.24) is 0 Å². The summed E-state index contributed by atoms with van der Waals surface area (Å²) < 4.78 is 60.5. The van der Waals surface area contributed by atoms with Crippen LogP contribution in [0.1, 0.15) is 213 Å². The molecule has 0 aromatic heterocycles. The molecular formula is C65H108O16P2. The second-order valence-corrected chi connectivity index (χ2v) is 23.0. The molecule has 0 rings (SSSR count). The highest BCUT2D eigenvalue weighted by Crippen LogP contribution is 2.45. The fourth-order valence-electron chi connectivity index (χ4n) is 7.52. The lowest BCUT2D eigenvalue weighted by Crippen LogP contribution is -2.30. The molecule has 0 heterocycles. The van der Waals surface area contributed by atoms with E-state index in [4.69, 9.17) is 32.3 Å². The topological polar surface area (TPSA) is 231 Å². The van der Waals surface area contributed by atoms with E-state index in [-0.39, 0.29) is 19.3 Å². The third-order valence-corrected chi connectivity index (χ3v) is 14.1. The molecule has 0 aliphatic heterocycles. The highest BCUT2D eigenvalue weighted by molar-refractivity contribution is 7.47. The van der Waals surface area contributed by atoms with Crippen molar-refractivity contribution in [2.75, 3.05) is 39.6 Å². The minimum Gasteiger partial charge on any atom is -0.463 e. The van der Waals surface area contributed by atoms with Gasteiger partial charge in [-0.05, 0) is 96.3 Å². The molecule has 0 amide bonds. The average molecular weight is 1210 g/mol. The third kappa shape index (κ3) is 59.5. The van der Waals surface area contributed by atoms with Crippen molar-refractivity contribution in [2.24, 2.45) is 0 Å². The monoisotopic (exact) mass is 1210 g/mol. The van der Waals surface area contributed by atoms with Gasteiger partial charge in [0.1, 0.15) is 25.4 Å². The number of phosphoric acid groups is 2. The van der Waals surface area contributed by atoms with Crippen LogP contribution in [0.25, 0.3) is 0 Å². The van der Waals surface area contributed by atoms with Gasteiger partial charge in [0.25, 0.3) is 0 Å². The van der Waals surface area contributed by atoms with E-state index in [0.717, 1.165) is 89.9 Å². The zero-order valence-corrected chi connectivity index (χ0v) is 52.6. The summed E-state index contributed by atoms with van der Waals surface area (Å²) in [5.74, 6) is -1.71. The van der Waals surface area contributed by atoms with Crippen LogP contribution in [0, 0.1) is 0 Å². The number of allylic oxidation sites excluding steroid dienone is 20. The van der Waals surface area contributed by atoms with Crippen LogP contribution >= 0.6 is 15.6 Å². The third-order valence-electron chi connectivity index (χ3n) is 12.2. The van der Waals surface area contributed by atoms with E-state index in [1.54, 1.807) is 0 Å². The van der Waals surface area contributed by atoms with Crippen LogP contribution in [-0.2, 0) is 55.8 Å². The first-order valence-electron chi connectivity index (χ1n) is 30.8. The van der Waals surface area contributed by atoms with Crippen molar-refractivity contribution >= 4 is 33.6 Å². The van der Waals surface area contributed by atoms with E-state index in [9.17, 15) is 43.5 Å². The van der Waals surface area contributed by atoms with Crippen LogP contribution in [-0.4, -0.2) is 95.9 Å². The number of hydrogen-bond donors (Lipinski definition) is 4. The van der Waals surface area contributed by atoms with Gasteiger partial charge >= 0.3 is 33.6 Å². The molecule has 0 fully saturated rings. The molecule has 5 atom stereocenters. The molecule has 0 saturated carbocycles. The Labute approximate surface area is 500 Å². The normalized spacial score (nSPS) is 15.2. The summed E-state index contributed by atoms with van der Waals surface area (Å²) in [6.45, 7) is 2.27. The Hall–Kier alpha value is -4.05. The molecule has 474 valence electrons. The van der Waals surface area contributed by atoms with Crippen molar-refractivity contribution < 1.29 is 75.8 Å². The molecule has 0 aromatic rings. The summed E-state index contributed by atoms with van der Waals surface area (Å²) in [6, 6.07) is 0. The lowest BCUT2D eigenvalue weighted by Gasteiger charge is -2.21. The molecule has 18 heteroatoms. The van der Waals surface area contributed by atoms with Gasteiger partial charge in [-0.2, -0.15) is 0 Å². The fourth-order valence-corrected chi connectivity index (χ4v) is 9.11. The molecule has 5 unspecified atom stereocenters. The number of hydrogen-bond acceptors (Lipinski definition) is 14. The van der Waals surface area contributed by atoms with Gasteiger partial charge in [0.15, 0.2) is 6.10 Å². The molecule has 0 spiro atoms.